The first kappa shape index (κ1) is 32.3. The molecule has 5 rings (SSSR count). The first-order valence-electron chi connectivity index (χ1n) is 15.4. The summed E-state index contributed by atoms with van der Waals surface area (Å²) in [7, 11) is 0. The van der Waals surface area contributed by atoms with Crippen LogP contribution in [0.25, 0.3) is 6.08 Å². The molecule has 0 saturated carbocycles. The summed E-state index contributed by atoms with van der Waals surface area (Å²) < 4.78 is 7.15. The summed E-state index contributed by atoms with van der Waals surface area (Å²) in [5, 5.41) is 7.74. The van der Waals surface area contributed by atoms with E-state index in [1.807, 2.05) is 37.7 Å². The molecule has 1 aliphatic rings. The van der Waals surface area contributed by atoms with Gasteiger partial charge in [-0.1, -0.05) is 103 Å². The zero-order valence-corrected chi connectivity index (χ0v) is 27.3. The highest BCUT2D eigenvalue weighted by Gasteiger charge is 2.44. The average Bonchev–Trinajstić information content (AvgIpc) is 3.46. The molecule has 1 aliphatic heterocycles. The van der Waals surface area contributed by atoms with Gasteiger partial charge in [-0.3, -0.25) is 14.4 Å². The van der Waals surface area contributed by atoms with E-state index in [2.05, 4.69) is 107 Å². The third-order valence-electron chi connectivity index (χ3n) is 7.81. The van der Waals surface area contributed by atoms with Crippen LogP contribution in [0.15, 0.2) is 109 Å². The van der Waals surface area contributed by atoms with Gasteiger partial charge in [-0.25, -0.2) is 4.79 Å². The number of likely N-dealkylation sites (tertiary alicyclic amines) is 1. The molecule has 3 aromatic carbocycles. The molecular weight excluding hydrogens is 580 g/mol. The number of nitrogens with zero attached hydrogens (tertiary/aromatic N) is 3. The lowest BCUT2D eigenvalue weighted by atomic mass is 9.74. The topological polar surface area (TPSA) is 76.5 Å². The Balaban J connectivity index is 1.48. The fourth-order valence-electron chi connectivity index (χ4n) is 6.06. The molecule has 1 unspecified atom stereocenters. The van der Waals surface area contributed by atoms with Gasteiger partial charge in [0.15, 0.2) is 5.12 Å². The second-order valence-electron chi connectivity index (χ2n) is 12.3. The third-order valence-corrected chi connectivity index (χ3v) is 8.96. The summed E-state index contributed by atoms with van der Waals surface area (Å²) in [5.74, 6) is 0. The summed E-state index contributed by atoms with van der Waals surface area (Å²) in [6, 6.07) is 34.1. The Morgan fingerprint density at radius 3 is 1.98 bits per heavy atom. The minimum Gasteiger partial charge on any atom is -0.444 e. The van der Waals surface area contributed by atoms with E-state index in [1.165, 1.54) is 28.5 Å². The predicted octanol–water partition coefficient (Wildman–Crippen LogP) is 7.14. The number of ether oxygens (including phenoxy) is 1. The maximum absolute atomic E-state index is 12.4. The van der Waals surface area contributed by atoms with Crippen molar-refractivity contribution in [3.63, 3.8) is 0 Å². The van der Waals surface area contributed by atoms with Crippen molar-refractivity contribution < 1.29 is 14.3 Å². The average molecular weight is 623 g/mol. The van der Waals surface area contributed by atoms with Crippen LogP contribution >= 0.6 is 11.8 Å². The second kappa shape index (κ2) is 14.3. The van der Waals surface area contributed by atoms with Gasteiger partial charge in [0.05, 0.1) is 17.8 Å². The molecule has 234 valence electrons. The number of rotatable bonds is 9. The molecule has 0 spiro atoms. The highest BCUT2D eigenvalue weighted by molar-refractivity contribution is 8.14. The summed E-state index contributed by atoms with van der Waals surface area (Å²) in [6.07, 6.45) is 4.43. The van der Waals surface area contributed by atoms with Crippen LogP contribution in [0.5, 0.6) is 0 Å². The molecule has 0 radical (unpaired) electrons. The van der Waals surface area contributed by atoms with Crippen molar-refractivity contribution in [1.82, 2.24) is 20.0 Å². The van der Waals surface area contributed by atoms with E-state index in [0.717, 1.165) is 24.2 Å². The fourth-order valence-corrected chi connectivity index (χ4v) is 6.98. The van der Waals surface area contributed by atoms with Crippen molar-refractivity contribution in [3.8, 4) is 0 Å². The molecule has 45 heavy (non-hydrogen) atoms. The largest absolute Gasteiger partial charge is 0.444 e. The van der Waals surface area contributed by atoms with E-state index < -0.39 is 17.2 Å². The van der Waals surface area contributed by atoms with Crippen molar-refractivity contribution in [2.75, 3.05) is 19.6 Å². The van der Waals surface area contributed by atoms with Crippen LogP contribution < -0.4 is 5.32 Å². The van der Waals surface area contributed by atoms with Crippen LogP contribution in [0.4, 0.5) is 4.79 Å². The highest BCUT2D eigenvalue weighted by Crippen LogP contribution is 2.45. The molecule has 4 aromatic rings. The Kier molecular flexibility index (Phi) is 10.3. The Bertz CT molecular complexity index is 1500. The quantitative estimate of drug-likeness (QED) is 0.200. The van der Waals surface area contributed by atoms with Crippen LogP contribution in [0.3, 0.4) is 0 Å². The molecule has 1 N–H and O–H groups in total. The van der Waals surface area contributed by atoms with E-state index in [-0.39, 0.29) is 10.4 Å². The van der Waals surface area contributed by atoms with Gasteiger partial charge in [0.2, 0.25) is 0 Å². The Labute approximate surface area is 270 Å². The van der Waals surface area contributed by atoms with Gasteiger partial charge in [-0.05, 0) is 61.6 Å². The van der Waals surface area contributed by atoms with E-state index in [4.69, 9.17) is 9.84 Å². The van der Waals surface area contributed by atoms with Crippen LogP contribution in [-0.4, -0.2) is 56.4 Å². The molecule has 2 heterocycles. The number of piperidine rings is 1. The number of carbonyl (C=O) groups is 2. The number of amides is 1. The third kappa shape index (κ3) is 7.93. The monoisotopic (exact) mass is 622 g/mol. The summed E-state index contributed by atoms with van der Waals surface area (Å²) in [6.45, 7) is 9.55. The van der Waals surface area contributed by atoms with E-state index in [9.17, 15) is 9.59 Å². The van der Waals surface area contributed by atoms with Gasteiger partial charge < -0.3 is 10.1 Å². The van der Waals surface area contributed by atoms with E-state index in [0.29, 0.717) is 19.6 Å². The van der Waals surface area contributed by atoms with Crippen molar-refractivity contribution >= 4 is 29.0 Å². The van der Waals surface area contributed by atoms with Crippen molar-refractivity contribution in [2.24, 2.45) is 0 Å². The van der Waals surface area contributed by atoms with Crippen LogP contribution in [0.1, 0.15) is 56.5 Å². The van der Waals surface area contributed by atoms with Gasteiger partial charge in [0.25, 0.3) is 0 Å². The lowest BCUT2D eigenvalue weighted by Crippen LogP contribution is -2.52. The van der Waals surface area contributed by atoms with Gasteiger partial charge >= 0.3 is 6.09 Å². The zero-order chi connectivity index (χ0) is 31.9. The van der Waals surface area contributed by atoms with Crippen LogP contribution in [0.2, 0.25) is 0 Å². The Hall–Kier alpha value is -4.14. The Morgan fingerprint density at radius 1 is 0.911 bits per heavy atom. The molecule has 1 atom stereocenters. The maximum Gasteiger partial charge on any atom is 0.407 e. The van der Waals surface area contributed by atoms with Crippen LogP contribution in [-0.2, 0) is 21.6 Å². The van der Waals surface area contributed by atoms with Crippen LogP contribution in [0, 0.1) is 0 Å². The molecule has 7 nitrogen and oxygen atoms in total. The SMILES string of the molecule is CC(=O)SC1CCN(C(c2ccccc2)(c2ccccc2)c2ccccc2)C/C1=C/c1ccn(CCNC(=O)OC(C)(C)C)n1. The molecule has 1 fully saturated rings. The number of alkyl carbamates (subject to hydrolysis) is 1. The summed E-state index contributed by atoms with van der Waals surface area (Å²) in [5.41, 5.74) is 4.48. The predicted molar refractivity (Wildman–Crippen MR) is 182 cm³/mol. The number of benzene rings is 3. The van der Waals surface area contributed by atoms with E-state index >= 15 is 0 Å². The molecule has 0 bridgehead atoms. The van der Waals surface area contributed by atoms with Crippen molar-refractivity contribution in [2.45, 2.75) is 57.1 Å². The first-order valence-corrected chi connectivity index (χ1v) is 16.3. The lowest BCUT2D eigenvalue weighted by Gasteiger charge is -2.49. The smallest absolute Gasteiger partial charge is 0.407 e. The molecular formula is C37H42N4O3S. The number of carbonyl (C=O) groups excluding carboxylic acids is 2. The number of nitrogens with one attached hydrogen (secondary N) is 1. The normalized spacial score (nSPS) is 16.8. The van der Waals surface area contributed by atoms with Gasteiger partial charge in [-0.15, -0.1) is 0 Å². The molecule has 1 aromatic heterocycles. The lowest BCUT2D eigenvalue weighted by molar-refractivity contribution is -0.109. The van der Waals surface area contributed by atoms with Gasteiger partial charge in [-0.2, -0.15) is 5.10 Å². The maximum atomic E-state index is 12.4. The van der Waals surface area contributed by atoms with Gasteiger partial charge in [0.1, 0.15) is 5.60 Å². The highest BCUT2D eigenvalue weighted by atomic mass is 32.2. The first-order chi connectivity index (χ1) is 21.6. The minimum absolute atomic E-state index is 0.0535. The standard InChI is InChI=1S/C37H42N4O3S/c1-28(42)45-34-21-23-40(27-29(34)26-33-20-24-41(39-33)25-22-38-35(43)44-36(2,3)4)37(30-14-8-5-9-15-30,31-16-10-6-11-17-31)32-18-12-7-13-19-32/h5-20,24,26,34H,21-23,25,27H2,1-4H3,(H,38,43)/b29-26-. The van der Waals surface area contributed by atoms with Crippen molar-refractivity contribution in [1.29, 1.82) is 0 Å². The molecule has 1 amide bonds. The number of aromatic nitrogens is 2. The number of hydrogen-bond donors (Lipinski definition) is 1. The zero-order valence-electron chi connectivity index (χ0n) is 26.5. The fraction of sp³-hybridized carbons (Fsp3) is 0.324. The molecule has 0 aliphatic carbocycles. The minimum atomic E-state index is -0.545. The number of hydrogen-bond acceptors (Lipinski definition) is 6. The van der Waals surface area contributed by atoms with Crippen molar-refractivity contribution in [3.05, 3.63) is 131 Å². The Morgan fingerprint density at radius 2 is 1.47 bits per heavy atom. The van der Waals surface area contributed by atoms with E-state index in [1.54, 1.807) is 6.92 Å². The summed E-state index contributed by atoms with van der Waals surface area (Å²) >= 11 is 1.40. The molecule has 8 heteroatoms. The van der Waals surface area contributed by atoms with Gasteiger partial charge in [0, 0.05) is 38.0 Å². The summed E-state index contributed by atoms with van der Waals surface area (Å²) in [4.78, 5) is 27.0. The molecule has 1 saturated heterocycles. The second-order valence-corrected chi connectivity index (χ2v) is 13.6. The number of thioether (sulfide) groups is 1.